The zero-order valence-electron chi connectivity index (χ0n) is 5.68. The SMILES string of the molecule is CC(C)c1cn[nH]c1N.[HH]. The Morgan fingerprint density at radius 1 is 1.78 bits per heavy atom. The van der Waals surface area contributed by atoms with Gasteiger partial charge in [-0.1, -0.05) is 13.8 Å². The molecule has 0 aliphatic carbocycles. The van der Waals surface area contributed by atoms with Crippen molar-refractivity contribution in [1.82, 2.24) is 10.2 Å². The van der Waals surface area contributed by atoms with Gasteiger partial charge in [0.05, 0.1) is 6.20 Å². The maximum atomic E-state index is 5.52. The Bertz CT molecular complexity index is 195. The van der Waals surface area contributed by atoms with E-state index < -0.39 is 0 Å². The number of hydrogen-bond donors (Lipinski definition) is 2. The lowest BCUT2D eigenvalue weighted by atomic mass is 10.1. The molecule has 0 spiro atoms. The largest absolute Gasteiger partial charge is 0.384 e. The van der Waals surface area contributed by atoms with Gasteiger partial charge in [-0.25, -0.2) is 0 Å². The average Bonchev–Trinajstić information content (AvgIpc) is 2.13. The second kappa shape index (κ2) is 2.09. The molecule has 1 aromatic rings. The Morgan fingerprint density at radius 2 is 2.44 bits per heavy atom. The highest BCUT2D eigenvalue weighted by molar-refractivity contribution is 5.38. The standard InChI is InChI=1S/C6H11N3.H2/c1-4(2)5-3-8-9-6(5)7;/h3-4H,1-2H3,(H3,7,8,9);1H. The van der Waals surface area contributed by atoms with Crippen LogP contribution in [0.4, 0.5) is 5.82 Å². The van der Waals surface area contributed by atoms with Gasteiger partial charge < -0.3 is 5.73 Å². The zero-order valence-corrected chi connectivity index (χ0v) is 5.68. The summed E-state index contributed by atoms with van der Waals surface area (Å²) in [4.78, 5) is 0. The number of nitrogens with two attached hydrogens (primary N) is 1. The van der Waals surface area contributed by atoms with Crippen molar-refractivity contribution in [1.29, 1.82) is 0 Å². The Morgan fingerprint density at radius 3 is 2.67 bits per heavy atom. The lowest BCUT2D eigenvalue weighted by Crippen LogP contribution is -1.92. The van der Waals surface area contributed by atoms with E-state index in [1.165, 1.54) is 0 Å². The lowest BCUT2D eigenvalue weighted by Gasteiger charge is -1.99. The highest BCUT2D eigenvalue weighted by Gasteiger charge is 2.03. The van der Waals surface area contributed by atoms with Gasteiger partial charge in [-0.05, 0) is 5.92 Å². The van der Waals surface area contributed by atoms with Gasteiger partial charge in [0, 0.05) is 6.99 Å². The number of aromatic nitrogens is 2. The minimum Gasteiger partial charge on any atom is -0.384 e. The minimum absolute atomic E-state index is 0. The summed E-state index contributed by atoms with van der Waals surface area (Å²) in [5, 5.41) is 6.47. The summed E-state index contributed by atoms with van der Waals surface area (Å²) in [6.45, 7) is 4.17. The number of rotatable bonds is 1. The van der Waals surface area contributed by atoms with Gasteiger partial charge in [-0.3, -0.25) is 5.10 Å². The van der Waals surface area contributed by atoms with Gasteiger partial charge in [0.1, 0.15) is 5.82 Å². The van der Waals surface area contributed by atoms with E-state index in [-0.39, 0.29) is 1.43 Å². The third-order valence-corrected chi connectivity index (χ3v) is 1.32. The van der Waals surface area contributed by atoms with Gasteiger partial charge in [0.15, 0.2) is 0 Å². The molecule has 0 amide bonds. The number of nitrogen functional groups attached to an aromatic ring is 1. The second-order valence-corrected chi connectivity index (χ2v) is 2.39. The predicted octanol–water partition coefficient (Wildman–Crippen LogP) is 1.36. The van der Waals surface area contributed by atoms with Gasteiger partial charge in [0.2, 0.25) is 0 Å². The molecule has 0 aliphatic rings. The van der Waals surface area contributed by atoms with Crippen LogP contribution in [0.15, 0.2) is 6.20 Å². The van der Waals surface area contributed by atoms with E-state index in [9.17, 15) is 0 Å². The minimum atomic E-state index is 0. The molecule has 0 radical (unpaired) electrons. The van der Waals surface area contributed by atoms with Crippen molar-refractivity contribution in [2.24, 2.45) is 0 Å². The third-order valence-electron chi connectivity index (χ3n) is 1.32. The summed E-state index contributed by atoms with van der Waals surface area (Å²) in [5.41, 5.74) is 6.62. The van der Waals surface area contributed by atoms with E-state index in [2.05, 4.69) is 24.0 Å². The van der Waals surface area contributed by atoms with E-state index in [0.717, 1.165) is 5.56 Å². The van der Waals surface area contributed by atoms with Gasteiger partial charge in [0.25, 0.3) is 0 Å². The number of nitrogens with one attached hydrogen (secondary N) is 1. The fraction of sp³-hybridized carbons (Fsp3) is 0.500. The average molecular weight is 127 g/mol. The number of nitrogens with zero attached hydrogens (tertiary/aromatic N) is 1. The van der Waals surface area contributed by atoms with Crippen LogP contribution in [0, 0.1) is 0 Å². The fourth-order valence-corrected chi connectivity index (χ4v) is 0.766. The predicted molar refractivity (Wildman–Crippen MR) is 39.2 cm³/mol. The molecule has 0 saturated carbocycles. The molecule has 1 heterocycles. The van der Waals surface area contributed by atoms with Crippen LogP contribution < -0.4 is 5.73 Å². The fourth-order valence-electron chi connectivity index (χ4n) is 0.766. The number of anilines is 1. The first-order valence-electron chi connectivity index (χ1n) is 3.00. The van der Waals surface area contributed by atoms with Crippen LogP contribution in [-0.4, -0.2) is 10.2 Å². The molecular weight excluding hydrogens is 114 g/mol. The Kier molecular flexibility index (Phi) is 1.42. The van der Waals surface area contributed by atoms with Crippen molar-refractivity contribution in [3.8, 4) is 0 Å². The van der Waals surface area contributed by atoms with Crippen molar-refractivity contribution >= 4 is 5.82 Å². The molecule has 0 bridgehead atoms. The van der Waals surface area contributed by atoms with Crippen molar-refractivity contribution in [3.63, 3.8) is 0 Å². The first-order chi connectivity index (χ1) is 4.22. The van der Waals surface area contributed by atoms with Crippen LogP contribution in [0.3, 0.4) is 0 Å². The van der Waals surface area contributed by atoms with Crippen LogP contribution in [-0.2, 0) is 0 Å². The van der Waals surface area contributed by atoms with Crippen LogP contribution in [0.1, 0.15) is 26.8 Å². The van der Waals surface area contributed by atoms with Gasteiger partial charge in [-0.2, -0.15) is 5.10 Å². The molecule has 0 fully saturated rings. The highest BCUT2D eigenvalue weighted by atomic mass is 15.1. The van der Waals surface area contributed by atoms with E-state index in [4.69, 9.17) is 5.73 Å². The lowest BCUT2D eigenvalue weighted by molar-refractivity contribution is 0.871. The normalized spacial score (nSPS) is 10.6. The van der Waals surface area contributed by atoms with Gasteiger partial charge in [-0.15, -0.1) is 0 Å². The van der Waals surface area contributed by atoms with Crippen LogP contribution >= 0.6 is 0 Å². The molecule has 0 atom stereocenters. The van der Waals surface area contributed by atoms with E-state index in [1.54, 1.807) is 6.20 Å². The molecule has 1 aromatic heterocycles. The van der Waals surface area contributed by atoms with Crippen molar-refractivity contribution in [2.45, 2.75) is 19.8 Å². The zero-order chi connectivity index (χ0) is 6.85. The summed E-state index contributed by atoms with van der Waals surface area (Å²) >= 11 is 0. The van der Waals surface area contributed by atoms with Crippen molar-refractivity contribution < 1.29 is 1.43 Å². The van der Waals surface area contributed by atoms with Crippen LogP contribution in [0.25, 0.3) is 0 Å². The first kappa shape index (κ1) is 6.13. The topological polar surface area (TPSA) is 54.7 Å². The quantitative estimate of drug-likeness (QED) is 0.598. The van der Waals surface area contributed by atoms with Gasteiger partial charge >= 0.3 is 0 Å². The van der Waals surface area contributed by atoms with Crippen molar-refractivity contribution in [2.75, 3.05) is 5.73 Å². The Balaban J connectivity index is 0.000000810. The first-order valence-corrected chi connectivity index (χ1v) is 3.00. The van der Waals surface area contributed by atoms with Crippen molar-refractivity contribution in [3.05, 3.63) is 11.8 Å². The molecule has 3 N–H and O–H groups in total. The summed E-state index contributed by atoms with van der Waals surface area (Å²) in [5.74, 6) is 1.15. The number of H-pyrrole nitrogens is 1. The maximum Gasteiger partial charge on any atom is 0.122 e. The highest BCUT2D eigenvalue weighted by Crippen LogP contribution is 2.17. The smallest absolute Gasteiger partial charge is 0.122 e. The van der Waals surface area contributed by atoms with Crippen LogP contribution in [0.2, 0.25) is 0 Å². The van der Waals surface area contributed by atoms with E-state index >= 15 is 0 Å². The van der Waals surface area contributed by atoms with E-state index in [0.29, 0.717) is 11.7 Å². The molecule has 9 heavy (non-hydrogen) atoms. The molecular formula is C6H13N3. The summed E-state index contributed by atoms with van der Waals surface area (Å²) in [6.07, 6.45) is 1.76. The maximum absolute atomic E-state index is 5.52. The molecule has 1 rings (SSSR count). The van der Waals surface area contributed by atoms with E-state index in [1.807, 2.05) is 0 Å². The third kappa shape index (κ3) is 1.04. The number of aromatic amines is 1. The van der Waals surface area contributed by atoms with Crippen LogP contribution in [0.5, 0.6) is 0 Å². The molecule has 0 aliphatic heterocycles. The Hall–Kier alpha value is -0.990. The molecule has 52 valence electrons. The number of hydrogen-bond acceptors (Lipinski definition) is 2. The summed E-state index contributed by atoms with van der Waals surface area (Å²) in [6, 6.07) is 0. The summed E-state index contributed by atoms with van der Waals surface area (Å²) in [7, 11) is 0. The molecule has 3 nitrogen and oxygen atoms in total. The Labute approximate surface area is 55.7 Å². The molecule has 0 aromatic carbocycles. The summed E-state index contributed by atoms with van der Waals surface area (Å²) < 4.78 is 0. The molecule has 0 saturated heterocycles. The molecule has 3 heteroatoms. The second-order valence-electron chi connectivity index (χ2n) is 2.39. The monoisotopic (exact) mass is 127 g/mol. The molecule has 0 unspecified atom stereocenters.